The maximum absolute atomic E-state index is 5.63. The fourth-order valence-corrected chi connectivity index (χ4v) is 1.95. The second-order valence-corrected chi connectivity index (χ2v) is 5.24. The van der Waals surface area contributed by atoms with E-state index in [1.54, 1.807) is 7.11 Å². The predicted molar refractivity (Wildman–Crippen MR) is 68.8 cm³/mol. The lowest BCUT2D eigenvalue weighted by Crippen LogP contribution is -2.50. The summed E-state index contributed by atoms with van der Waals surface area (Å²) in [6.45, 7) is 13.3. The fraction of sp³-hybridized carbons (Fsp3) is 1.00. The lowest BCUT2D eigenvalue weighted by Gasteiger charge is -2.36. The molecule has 0 radical (unpaired) electrons. The molecule has 0 bridgehead atoms. The van der Waals surface area contributed by atoms with Crippen LogP contribution in [0.15, 0.2) is 0 Å². The first-order valence-corrected chi connectivity index (χ1v) is 6.31. The van der Waals surface area contributed by atoms with Gasteiger partial charge >= 0.3 is 0 Å². The van der Waals surface area contributed by atoms with E-state index in [1.165, 1.54) is 0 Å². The molecule has 1 N–H and O–H groups in total. The Kier molecular flexibility index (Phi) is 7.98. The van der Waals surface area contributed by atoms with Gasteiger partial charge in [0, 0.05) is 13.7 Å². The SMILES string of the molecule is CCCNC(COCC)C(OC)C(C)(C)C. The van der Waals surface area contributed by atoms with Crippen molar-refractivity contribution in [2.24, 2.45) is 5.41 Å². The highest BCUT2D eigenvalue weighted by Gasteiger charge is 2.32. The molecule has 0 aromatic rings. The molecule has 0 fully saturated rings. The first kappa shape index (κ1) is 15.9. The van der Waals surface area contributed by atoms with Gasteiger partial charge in [-0.15, -0.1) is 0 Å². The Labute approximate surface area is 101 Å². The van der Waals surface area contributed by atoms with Gasteiger partial charge in [0.15, 0.2) is 0 Å². The monoisotopic (exact) mass is 231 g/mol. The minimum atomic E-state index is 0.122. The summed E-state index contributed by atoms with van der Waals surface area (Å²) < 4.78 is 11.2. The Morgan fingerprint density at radius 1 is 1.19 bits per heavy atom. The van der Waals surface area contributed by atoms with Gasteiger partial charge < -0.3 is 14.8 Å². The van der Waals surface area contributed by atoms with E-state index in [2.05, 4.69) is 33.0 Å². The highest BCUT2D eigenvalue weighted by molar-refractivity contribution is 4.86. The molecule has 0 saturated carbocycles. The zero-order chi connectivity index (χ0) is 12.6. The van der Waals surface area contributed by atoms with Crippen molar-refractivity contribution in [1.82, 2.24) is 5.32 Å². The van der Waals surface area contributed by atoms with E-state index in [9.17, 15) is 0 Å². The van der Waals surface area contributed by atoms with Crippen LogP contribution in [-0.4, -0.2) is 39.0 Å². The fourth-order valence-electron chi connectivity index (χ4n) is 1.95. The van der Waals surface area contributed by atoms with Crippen molar-refractivity contribution < 1.29 is 9.47 Å². The number of hydrogen-bond acceptors (Lipinski definition) is 3. The average molecular weight is 231 g/mol. The van der Waals surface area contributed by atoms with Gasteiger partial charge in [-0.25, -0.2) is 0 Å². The van der Waals surface area contributed by atoms with Gasteiger partial charge in [-0.05, 0) is 25.3 Å². The normalized spacial score (nSPS) is 16.1. The van der Waals surface area contributed by atoms with Crippen LogP contribution in [-0.2, 0) is 9.47 Å². The van der Waals surface area contributed by atoms with Crippen LogP contribution in [0.2, 0.25) is 0 Å². The van der Waals surface area contributed by atoms with E-state index in [-0.39, 0.29) is 17.6 Å². The van der Waals surface area contributed by atoms with Crippen LogP contribution in [0.1, 0.15) is 41.0 Å². The van der Waals surface area contributed by atoms with Gasteiger partial charge in [0.25, 0.3) is 0 Å². The molecule has 0 amide bonds. The third kappa shape index (κ3) is 5.83. The van der Waals surface area contributed by atoms with Gasteiger partial charge in [-0.3, -0.25) is 0 Å². The van der Waals surface area contributed by atoms with Gasteiger partial charge in [0.2, 0.25) is 0 Å². The lowest BCUT2D eigenvalue weighted by molar-refractivity contribution is -0.0350. The van der Waals surface area contributed by atoms with E-state index in [0.29, 0.717) is 6.61 Å². The van der Waals surface area contributed by atoms with E-state index in [1.807, 2.05) is 6.92 Å². The Bertz CT molecular complexity index is 158. The van der Waals surface area contributed by atoms with Crippen LogP contribution >= 0.6 is 0 Å². The molecule has 2 unspecified atom stereocenters. The van der Waals surface area contributed by atoms with Crippen LogP contribution in [0.4, 0.5) is 0 Å². The molecule has 0 aromatic carbocycles. The Morgan fingerprint density at radius 2 is 1.81 bits per heavy atom. The second kappa shape index (κ2) is 8.04. The zero-order valence-corrected chi connectivity index (χ0v) is 11.8. The van der Waals surface area contributed by atoms with Gasteiger partial charge in [0.05, 0.1) is 18.8 Å². The van der Waals surface area contributed by atoms with Gasteiger partial charge in [-0.1, -0.05) is 27.7 Å². The number of rotatable bonds is 8. The molecule has 3 nitrogen and oxygen atoms in total. The maximum Gasteiger partial charge on any atom is 0.0794 e. The molecular formula is C13H29NO2. The van der Waals surface area contributed by atoms with Crippen LogP contribution in [0, 0.1) is 5.41 Å². The summed E-state index contributed by atoms with van der Waals surface area (Å²) >= 11 is 0. The summed E-state index contributed by atoms with van der Waals surface area (Å²) in [6, 6.07) is 0.268. The minimum Gasteiger partial charge on any atom is -0.380 e. The Balaban J connectivity index is 4.42. The average Bonchev–Trinajstić information content (AvgIpc) is 2.20. The standard InChI is InChI=1S/C13H29NO2/c1-7-9-14-11(10-16-8-2)12(15-6)13(3,4)5/h11-12,14H,7-10H2,1-6H3. The van der Waals surface area contributed by atoms with Crippen LogP contribution in [0.5, 0.6) is 0 Å². The number of hydrogen-bond donors (Lipinski definition) is 1. The van der Waals surface area contributed by atoms with Crippen molar-refractivity contribution in [3.63, 3.8) is 0 Å². The Morgan fingerprint density at radius 3 is 2.19 bits per heavy atom. The molecule has 0 saturated heterocycles. The predicted octanol–water partition coefficient (Wildman–Crippen LogP) is 2.45. The smallest absolute Gasteiger partial charge is 0.0794 e. The Hall–Kier alpha value is -0.120. The van der Waals surface area contributed by atoms with Crippen molar-refractivity contribution in [2.45, 2.75) is 53.2 Å². The van der Waals surface area contributed by atoms with Crippen molar-refractivity contribution >= 4 is 0 Å². The summed E-state index contributed by atoms with van der Waals surface area (Å²) in [4.78, 5) is 0. The maximum atomic E-state index is 5.63. The van der Waals surface area contributed by atoms with Gasteiger partial charge in [0.1, 0.15) is 0 Å². The molecule has 0 aliphatic heterocycles. The van der Waals surface area contributed by atoms with E-state index < -0.39 is 0 Å². The summed E-state index contributed by atoms with van der Waals surface area (Å²) in [5, 5.41) is 3.51. The molecule has 3 heteroatoms. The third-order valence-corrected chi connectivity index (χ3v) is 2.63. The molecule has 0 aliphatic carbocycles. The molecule has 0 rings (SSSR count). The topological polar surface area (TPSA) is 30.5 Å². The van der Waals surface area contributed by atoms with Crippen molar-refractivity contribution in [1.29, 1.82) is 0 Å². The summed E-state index contributed by atoms with van der Waals surface area (Å²) in [7, 11) is 1.78. The highest BCUT2D eigenvalue weighted by atomic mass is 16.5. The van der Waals surface area contributed by atoms with E-state index in [4.69, 9.17) is 9.47 Å². The van der Waals surface area contributed by atoms with E-state index in [0.717, 1.165) is 19.6 Å². The molecule has 0 aromatic heterocycles. The number of nitrogens with one attached hydrogen (secondary N) is 1. The summed E-state index contributed by atoms with van der Waals surface area (Å²) in [5.74, 6) is 0. The summed E-state index contributed by atoms with van der Waals surface area (Å²) in [5.41, 5.74) is 0.122. The largest absolute Gasteiger partial charge is 0.380 e. The van der Waals surface area contributed by atoms with Crippen molar-refractivity contribution in [3.8, 4) is 0 Å². The van der Waals surface area contributed by atoms with Crippen molar-refractivity contribution in [3.05, 3.63) is 0 Å². The number of ether oxygens (including phenoxy) is 2. The molecule has 2 atom stereocenters. The molecule has 16 heavy (non-hydrogen) atoms. The highest BCUT2D eigenvalue weighted by Crippen LogP contribution is 2.24. The third-order valence-electron chi connectivity index (χ3n) is 2.63. The van der Waals surface area contributed by atoms with E-state index >= 15 is 0 Å². The molecule has 98 valence electrons. The summed E-state index contributed by atoms with van der Waals surface area (Å²) in [6.07, 6.45) is 1.30. The molecular weight excluding hydrogens is 202 g/mol. The first-order valence-electron chi connectivity index (χ1n) is 6.31. The quantitative estimate of drug-likeness (QED) is 0.696. The minimum absolute atomic E-state index is 0.122. The van der Waals surface area contributed by atoms with Crippen molar-refractivity contribution in [2.75, 3.05) is 26.9 Å². The van der Waals surface area contributed by atoms with Crippen LogP contribution in [0.25, 0.3) is 0 Å². The zero-order valence-electron chi connectivity index (χ0n) is 11.8. The molecule has 0 aliphatic rings. The van der Waals surface area contributed by atoms with Crippen LogP contribution < -0.4 is 5.32 Å². The lowest BCUT2D eigenvalue weighted by atomic mass is 9.84. The van der Waals surface area contributed by atoms with Gasteiger partial charge in [-0.2, -0.15) is 0 Å². The second-order valence-electron chi connectivity index (χ2n) is 5.24. The first-order chi connectivity index (χ1) is 7.47. The van der Waals surface area contributed by atoms with Crippen LogP contribution in [0.3, 0.4) is 0 Å². The molecule has 0 spiro atoms. The number of methoxy groups -OCH3 is 1. The molecule has 0 heterocycles.